The number of hydrogen-bond donors (Lipinski definition) is 1. The Bertz CT molecular complexity index is 852. The minimum Gasteiger partial charge on any atom is -0.349 e. The van der Waals surface area contributed by atoms with Crippen molar-refractivity contribution in [3.63, 3.8) is 0 Å². The lowest BCUT2D eigenvalue weighted by Crippen LogP contribution is -2.23. The fourth-order valence-corrected chi connectivity index (χ4v) is 2.49. The molecule has 5 heteroatoms. The molecule has 0 saturated heterocycles. The van der Waals surface area contributed by atoms with Crippen molar-refractivity contribution < 1.29 is 4.79 Å². The predicted molar refractivity (Wildman–Crippen MR) is 92.8 cm³/mol. The van der Waals surface area contributed by atoms with E-state index in [1.165, 1.54) is 0 Å². The molecule has 1 heterocycles. The van der Waals surface area contributed by atoms with Crippen LogP contribution in [0.4, 0.5) is 0 Å². The number of nitrogens with zero attached hydrogens (tertiary/aromatic N) is 2. The molecule has 3 aromatic rings. The number of carbonyl (C=O) groups is 1. The highest BCUT2D eigenvalue weighted by molar-refractivity contribution is 6.30. The largest absolute Gasteiger partial charge is 0.349 e. The van der Waals surface area contributed by atoms with E-state index in [1.54, 1.807) is 18.3 Å². The Morgan fingerprint density at radius 1 is 1.26 bits per heavy atom. The van der Waals surface area contributed by atoms with Crippen LogP contribution in [0.5, 0.6) is 0 Å². The first-order valence-corrected chi connectivity index (χ1v) is 7.64. The van der Waals surface area contributed by atoms with Crippen LogP contribution in [0.2, 0.25) is 5.02 Å². The van der Waals surface area contributed by atoms with E-state index in [-0.39, 0.29) is 5.91 Å². The summed E-state index contributed by atoms with van der Waals surface area (Å²) < 4.78 is 1.88. The Morgan fingerprint density at radius 2 is 2.04 bits per heavy atom. The first-order valence-electron chi connectivity index (χ1n) is 7.26. The van der Waals surface area contributed by atoms with Crippen LogP contribution >= 0.6 is 11.6 Å². The van der Waals surface area contributed by atoms with Crippen LogP contribution < -0.4 is 5.32 Å². The molecule has 116 valence electrons. The molecule has 1 aromatic heterocycles. The molecule has 23 heavy (non-hydrogen) atoms. The van der Waals surface area contributed by atoms with E-state index in [0.29, 0.717) is 23.7 Å². The number of carbonyl (C=O) groups excluding carboxylic acids is 1. The molecule has 1 amide bonds. The number of hydrogen-bond acceptors (Lipinski definition) is 2. The highest BCUT2D eigenvalue weighted by Gasteiger charge is 2.09. The second kappa shape index (κ2) is 6.67. The summed E-state index contributed by atoms with van der Waals surface area (Å²) in [5.41, 5.74) is 2.63. The van der Waals surface area contributed by atoms with Gasteiger partial charge in [0.25, 0.3) is 5.91 Å². The molecule has 3 rings (SSSR count). The number of halogens is 1. The highest BCUT2D eigenvalue weighted by atomic mass is 35.5. The molecule has 2 aromatic carbocycles. The van der Waals surface area contributed by atoms with Gasteiger partial charge in [0.1, 0.15) is 0 Å². The number of nitrogens with one attached hydrogen (secondary N) is 1. The lowest BCUT2D eigenvalue weighted by atomic mass is 10.1. The first-order chi connectivity index (χ1) is 11.2. The summed E-state index contributed by atoms with van der Waals surface area (Å²) in [6.07, 6.45) is 3.46. The van der Waals surface area contributed by atoms with E-state index in [1.807, 2.05) is 41.1 Å². The SMILES string of the molecule is C=CCNC(=O)c1ccc2cnn(Cc3ccc(Cl)cc3)c2c1. The second-order valence-electron chi connectivity index (χ2n) is 5.20. The maximum atomic E-state index is 12.1. The summed E-state index contributed by atoms with van der Waals surface area (Å²) in [4.78, 5) is 12.1. The van der Waals surface area contributed by atoms with Gasteiger partial charge in [0.15, 0.2) is 0 Å². The number of fused-ring (bicyclic) bond motifs is 1. The third-order valence-corrected chi connectivity index (χ3v) is 3.81. The smallest absolute Gasteiger partial charge is 0.251 e. The van der Waals surface area contributed by atoms with Gasteiger partial charge in [-0.3, -0.25) is 9.48 Å². The molecule has 4 nitrogen and oxygen atoms in total. The van der Waals surface area contributed by atoms with Gasteiger partial charge in [-0.1, -0.05) is 35.9 Å². The van der Waals surface area contributed by atoms with Gasteiger partial charge in [0.2, 0.25) is 0 Å². The van der Waals surface area contributed by atoms with Crippen LogP contribution in [0.3, 0.4) is 0 Å². The zero-order valence-corrected chi connectivity index (χ0v) is 13.3. The van der Waals surface area contributed by atoms with E-state index < -0.39 is 0 Å². The first kappa shape index (κ1) is 15.3. The highest BCUT2D eigenvalue weighted by Crippen LogP contribution is 2.18. The summed E-state index contributed by atoms with van der Waals surface area (Å²) in [6, 6.07) is 13.2. The van der Waals surface area contributed by atoms with Gasteiger partial charge < -0.3 is 5.32 Å². The van der Waals surface area contributed by atoms with Crippen molar-refractivity contribution in [2.24, 2.45) is 0 Å². The monoisotopic (exact) mass is 325 g/mol. The van der Waals surface area contributed by atoms with Gasteiger partial charge in [0, 0.05) is 22.5 Å². The zero-order chi connectivity index (χ0) is 16.2. The van der Waals surface area contributed by atoms with Gasteiger partial charge in [-0.15, -0.1) is 6.58 Å². The fraction of sp³-hybridized carbons (Fsp3) is 0.111. The number of rotatable bonds is 5. The molecule has 0 atom stereocenters. The molecule has 0 unspecified atom stereocenters. The molecule has 1 N–H and O–H groups in total. The molecule has 0 aliphatic carbocycles. The summed E-state index contributed by atoms with van der Waals surface area (Å²) >= 11 is 5.91. The summed E-state index contributed by atoms with van der Waals surface area (Å²) in [6.45, 7) is 4.67. The molecule has 0 radical (unpaired) electrons. The van der Waals surface area contributed by atoms with Crippen LogP contribution in [0.1, 0.15) is 15.9 Å². The van der Waals surface area contributed by atoms with Crippen LogP contribution in [-0.2, 0) is 6.54 Å². The minimum atomic E-state index is -0.119. The maximum Gasteiger partial charge on any atom is 0.251 e. The third-order valence-electron chi connectivity index (χ3n) is 3.56. The Kier molecular flexibility index (Phi) is 4.44. The topological polar surface area (TPSA) is 46.9 Å². The number of aromatic nitrogens is 2. The normalized spacial score (nSPS) is 10.7. The fourth-order valence-electron chi connectivity index (χ4n) is 2.37. The third kappa shape index (κ3) is 3.43. The Morgan fingerprint density at radius 3 is 2.78 bits per heavy atom. The Balaban J connectivity index is 1.90. The lowest BCUT2D eigenvalue weighted by molar-refractivity contribution is 0.0958. The van der Waals surface area contributed by atoms with Gasteiger partial charge in [-0.2, -0.15) is 5.10 Å². The van der Waals surface area contributed by atoms with Gasteiger partial charge >= 0.3 is 0 Å². The van der Waals surface area contributed by atoms with Crippen molar-refractivity contribution in [2.45, 2.75) is 6.54 Å². The van der Waals surface area contributed by atoms with Crippen LogP contribution in [0, 0.1) is 0 Å². The minimum absolute atomic E-state index is 0.119. The molecular weight excluding hydrogens is 310 g/mol. The standard InChI is InChI=1S/C18H16ClN3O/c1-2-9-20-18(23)14-5-6-15-11-21-22(17(15)10-14)12-13-3-7-16(19)8-4-13/h2-8,10-11H,1,9,12H2,(H,20,23). The van der Waals surface area contributed by atoms with Crippen molar-refractivity contribution in [3.8, 4) is 0 Å². The van der Waals surface area contributed by atoms with E-state index in [2.05, 4.69) is 17.0 Å². The van der Waals surface area contributed by atoms with Gasteiger partial charge in [0.05, 0.1) is 18.3 Å². The van der Waals surface area contributed by atoms with E-state index >= 15 is 0 Å². The average Bonchev–Trinajstić information content (AvgIpc) is 2.97. The molecule has 0 fully saturated rings. The summed E-state index contributed by atoms with van der Waals surface area (Å²) in [7, 11) is 0. The van der Waals surface area contributed by atoms with Gasteiger partial charge in [-0.25, -0.2) is 0 Å². The maximum absolute atomic E-state index is 12.1. The predicted octanol–water partition coefficient (Wildman–Crippen LogP) is 3.65. The van der Waals surface area contributed by atoms with Crippen molar-refractivity contribution >= 4 is 28.4 Å². The quantitative estimate of drug-likeness (QED) is 0.728. The van der Waals surface area contributed by atoms with Crippen molar-refractivity contribution in [2.75, 3.05) is 6.54 Å². The van der Waals surface area contributed by atoms with E-state index in [0.717, 1.165) is 16.5 Å². The Labute approximate surface area is 139 Å². The van der Waals surface area contributed by atoms with Crippen molar-refractivity contribution in [1.82, 2.24) is 15.1 Å². The van der Waals surface area contributed by atoms with Crippen molar-refractivity contribution in [3.05, 3.63) is 77.5 Å². The second-order valence-corrected chi connectivity index (χ2v) is 5.64. The lowest BCUT2D eigenvalue weighted by Gasteiger charge is -2.06. The molecule has 0 saturated carbocycles. The van der Waals surface area contributed by atoms with Crippen molar-refractivity contribution in [1.29, 1.82) is 0 Å². The summed E-state index contributed by atoms with van der Waals surface area (Å²) in [5.74, 6) is -0.119. The molecule has 0 aliphatic rings. The van der Waals surface area contributed by atoms with Gasteiger partial charge in [-0.05, 0) is 29.8 Å². The average molecular weight is 326 g/mol. The Hall–Kier alpha value is -2.59. The van der Waals surface area contributed by atoms with E-state index in [9.17, 15) is 4.79 Å². The number of amides is 1. The van der Waals surface area contributed by atoms with Crippen LogP contribution in [0.25, 0.3) is 10.9 Å². The molecule has 0 aliphatic heterocycles. The number of benzene rings is 2. The van der Waals surface area contributed by atoms with Crippen LogP contribution in [-0.4, -0.2) is 22.2 Å². The molecular formula is C18H16ClN3O. The molecule has 0 bridgehead atoms. The van der Waals surface area contributed by atoms with E-state index in [4.69, 9.17) is 11.6 Å². The summed E-state index contributed by atoms with van der Waals surface area (Å²) in [5, 5.41) is 8.90. The van der Waals surface area contributed by atoms with Crippen LogP contribution in [0.15, 0.2) is 61.3 Å². The zero-order valence-electron chi connectivity index (χ0n) is 12.5. The molecule has 0 spiro atoms.